The number of hydrogen-bond acceptors (Lipinski definition) is 2. The predicted molar refractivity (Wildman–Crippen MR) is 71.2 cm³/mol. The smallest absolute Gasteiger partial charge is 0.124 e. The van der Waals surface area contributed by atoms with E-state index in [0.29, 0.717) is 5.02 Å². The van der Waals surface area contributed by atoms with Crippen molar-refractivity contribution in [2.75, 3.05) is 13.1 Å². The Morgan fingerprint density at radius 3 is 2.89 bits per heavy atom. The van der Waals surface area contributed by atoms with Crippen LogP contribution in [0, 0.1) is 5.82 Å². The van der Waals surface area contributed by atoms with Crippen LogP contribution in [0.3, 0.4) is 0 Å². The molecule has 1 fully saturated rings. The van der Waals surface area contributed by atoms with Crippen LogP contribution in [-0.4, -0.2) is 28.7 Å². The molecule has 1 aromatic rings. The molecule has 1 heterocycles. The van der Waals surface area contributed by atoms with Crippen molar-refractivity contribution in [3.05, 3.63) is 34.6 Å². The molecule has 1 aliphatic heterocycles. The second kappa shape index (κ2) is 5.55. The van der Waals surface area contributed by atoms with Crippen LogP contribution >= 0.6 is 11.6 Å². The zero-order valence-electron chi connectivity index (χ0n) is 10.6. The number of likely N-dealkylation sites (tertiary alicyclic amines) is 1. The van der Waals surface area contributed by atoms with Crippen LogP contribution in [0.5, 0.6) is 0 Å². The van der Waals surface area contributed by atoms with Gasteiger partial charge in [-0.3, -0.25) is 4.90 Å². The molecule has 0 saturated carbocycles. The highest BCUT2D eigenvalue weighted by molar-refractivity contribution is 6.31. The molecule has 1 aromatic carbocycles. The number of nitrogens with zero attached hydrogens (tertiary/aromatic N) is 1. The summed E-state index contributed by atoms with van der Waals surface area (Å²) >= 11 is 6.03. The zero-order valence-corrected chi connectivity index (χ0v) is 11.4. The van der Waals surface area contributed by atoms with E-state index in [1.54, 1.807) is 6.07 Å². The van der Waals surface area contributed by atoms with Gasteiger partial charge in [0.1, 0.15) is 5.82 Å². The molecule has 1 unspecified atom stereocenters. The monoisotopic (exact) mass is 271 g/mol. The maximum atomic E-state index is 13.0. The highest BCUT2D eigenvalue weighted by Gasteiger charge is 2.25. The Bertz CT molecular complexity index is 422. The van der Waals surface area contributed by atoms with E-state index in [2.05, 4.69) is 4.90 Å². The van der Waals surface area contributed by atoms with E-state index in [1.165, 1.54) is 12.1 Å². The van der Waals surface area contributed by atoms with Crippen LogP contribution in [0.4, 0.5) is 4.39 Å². The molecular formula is C14H19ClFNO. The molecule has 0 spiro atoms. The van der Waals surface area contributed by atoms with Crippen LogP contribution in [0.2, 0.25) is 5.02 Å². The van der Waals surface area contributed by atoms with Gasteiger partial charge >= 0.3 is 0 Å². The van der Waals surface area contributed by atoms with Crippen LogP contribution in [0.25, 0.3) is 0 Å². The molecule has 2 rings (SSSR count). The summed E-state index contributed by atoms with van der Waals surface area (Å²) in [5.74, 6) is -0.303. The summed E-state index contributed by atoms with van der Waals surface area (Å²) in [6.07, 6.45) is 2.58. The summed E-state index contributed by atoms with van der Waals surface area (Å²) < 4.78 is 13.0. The minimum Gasteiger partial charge on any atom is -0.390 e. The molecule has 1 N–H and O–H groups in total. The molecule has 0 amide bonds. The van der Waals surface area contributed by atoms with Gasteiger partial charge in [-0.25, -0.2) is 4.39 Å². The van der Waals surface area contributed by atoms with Gasteiger partial charge in [0.25, 0.3) is 0 Å². The maximum absolute atomic E-state index is 13.0. The third kappa shape index (κ3) is 3.67. The van der Waals surface area contributed by atoms with Crippen LogP contribution in [0.1, 0.15) is 31.7 Å². The topological polar surface area (TPSA) is 23.5 Å². The van der Waals surface area contributed by atoms with Gasteiger partial charge < -0.3 is 5.11 Å². The first-order valence-corrected chi connectivity index (χ1v) is 6.73. The van der Waals surface area contributed by atoms with E-state index in [0.717, 1.165) is 44.5 Å². The minimum absolute atomic E-state index is 0.303. The Morgan fingerprint density at radius 1 is 1.39 bits per heavy atom. The average molecular weight is 272 g/mol. The predicted octanol–water partition coefficient (Wildman–Crippen LogP) is 3.22. The summed E-state index contributed by atoms with van der Waals surface area (Å²) in [4.78, 5) is 2.26. The van der Waals surface area contributed by atoms with Crippen molar-refractivity contribution < 1.29 is 9.50 Å². The average Bonchev–Trinajstić information content (AvgIpc) is 2.44. The number of benzene rings is 1. The fourth-order valence-electron chi connectivity index (χ4n) is 2.37. The molecule has 0 aromatic heterocycles. The van der Waals surface area contributed by atoms with Gasteiger partial charge in [-0.1, -0.05) is 17.7 Å². The Labute approximate surface area is 112 Å². The van der Waals surface area contributed by atoms with Crippen LogP contribution in [0.15, 0.2) is 18.2 Å². The number of hydrogen-bond donors (Lipinski definition) is 1. The molecule has 0 bridgehead atoms. The Balaban J connectivity index is 2.01. The molecule has 1 atom stereocenters. The van der Waals surface area contributed by atoms with E-state index >= 15 is 0 Å². The lowest BCUT2D eigenvalue weighted by atomic mass is 9.98. The fraction of sp³-hybridized carbons (Fsp3) is 0.571. The molecular weight excluding hydrogens is 253 g/mol. The fourth-order valence-corrected chi connectivity index (χ4v) is 2.60. The number of aliphatic hydroxyl groups is 1. The molecule has 1 aliphatic rings. The SMILES string of the molecule is CC1(O)CCCN(Cc2ccc(F)cc2Cl)CC1. The number of rotatable bonds is 2. The summed E-state index contributed by atoms with van der Waals surface area (Å²) in [5.41, 5.74) is 0.390. The van der Waals surface area contributed by atoms with Gasteiger partial charge in [-0.2, -0.15) is 0 Å². The lowest BCUT2D eigenvalue weighted by Crippen LogP contribution is -2.28. The van der Waals surface area contributed by atoms with Crippen molar-refractivity contribution in [1.29, 1.82) is 0 Å². The third-order valence-corrected chi connectivity index (χ3v) is 3.92. The summed E-state index contributed by atoms with van der Waals surface area (Å²) in [6.45, 7) is 4.40. The molecule has 4 heteroatoms. The quantitative estimate of drug-likeness (QED) is 0.893. The van der Waals surface area contributed by atoms with E-state index < -0.39 is 5.60 Å². The Kier molecular flexibility index (Phi) is 4.25. The van der Waals surface area contributed by atoms with Crippen molar-refractivity contribution in [3.8, 4) is 0 Å². The van der Waals surface area contributed by atoms with E-state index in [9.17, 15) is 9.50 Å². The third-order valence-electron chi connectivity index (χ3n) is 3.57. The lowest BCUT2D eigenvalue weighted by Gasteiger charge is -2.22. The first-order valence-electron chi connectivity index (χ1n) is 6.35. The summed E-state index contributed by atoms with van der Waals surface area (Å²) in [6, 6.07) is 4.53. The summed E-state index contributed by atoms with van der Waals surface area (Å²) in [5, 5.41) is 10.5. The van der Waals surface area contributed by atoms with Gasteiger partial charge in [0.15, 0.2) is 0 Å². The van der Waals surface area contributed by atoms with Crippen molar-refractivity contribution >= 4 is 11.6 Å². The van der Waals surface area contributed by atoms with E-state index in [1.807, 2.05) is 6.92 Å². The maximum Gasteiger partial charge on any atom is 0.124 e. The standard InChI is InChI=1S/C14H19ClFNO/c1-14(18)5-2-7-17(8-6-14)10-11-3-4-12(16)9-13(11)15/h3-4,9,18H,2,5-8,10H2,1H3. The Hall–Kier alpha value is -0.640. The van der Waals surface area contributed by atoms with Gasteiger partial charge in [-0.05, 0) is 50.4 Å². The second-order valence-electron chi connectivity index (χ2n) is 5.36. The van der Waals surface area contributed by atoms with Crippen molar-refractivity contribution in [1.82, 2.24) is 4.90 Å². The molecule has 2 nitrogen and oxygen atoms in total. The molecule has 0 aliphatic carbocycles. The zero-order chi connectivity index (χ0) is 13.2. The van der Waals surface area contributed by atoms with Crippen molar-refractivity contribution in [3.63, 3.8) is 0 Å². The van der Waals surface area contributed by atoms with E-state index in [-0.39, 0.29) is 5.82 Å². The largest absolute Gasteiger partial charge is 0.390 e. The molecule has 1 saturated heterocycles. The molecule has 18 heavy (non-hydrogen) atoms. The van der Waals surface area contributed by atoms with Gasteiger partial charge in [-0.15, -0.1) is 0 Å². The van der Waals surface area contributed by atoms with Crippen molar-refractivity contribution in [2.24, 2.45) is 0 Å². The summed E-state index contributed by atoms with van der Waals surface area (Å²) in [7, 11) is 0. The van der Waals surface area contributed by atoms with Gasteiger partial charge in [0.05, 0.1) is 5.60 Å². The lowest BCUT2D eigenvalue weighted by molar-refractivity contribution is 0.0444. The van der Waals surface area contributed by atoms with Gasteiger partial charge in [0, 0.05) is 18.1 Å². The molecule has 0 radical (unpaired) electrons. The first-order chi connectivity index (χ1) is 8.46. The highest BCUT2D eigenvalue weighted by atomic mass is 35.5. The number of halogens is 2. The normalized spacial score (nSPS) is 26.0. The van der Waals surface area contributed by atoms with Crippen LogP contribution < -0.4 is 0 Å². The Morgan fingerprint density at radius 2 is 2.17 bits per heavy atom. The van der Waals surface area contributed by atoms with Gasteiger partial charge in [0.2, 0.25) is 0 Å². The van der Waals surface area contributed by atoms with E-state index in [4.69, 9.17) is 11.6 Å². The van der Waals surface area contributed by atoms with Crippen LogP contribution in [-0.2, 0) is 6.54 Å². The first kappa shape index (κ1) is 13.8. The minimum atomic E-state index is -0.554. The highest BCUT2D eigenvalue weighted by Crippen LogP contribution is 2.24. The second-order valence-corrected chi connectivity index (χ2v) is 5.77. The molecule has 100 valence electrons. The van der Waals surface area contributed by atoms with Crippen molar-refractivity contribution in [2.45, 2.75) is 38.3 Å².